The lowest BCUT2D eigenvalue weighted by molar-refractivity contribution is -0.226. The van der Waals surface area contributed by atoms with Gasteiger partial charge in [0.15, 0.2) is 22.8 Å². The van der Waals surface area contributed by atoms with Crippen molar-refractivity contribution in [3.8, 4) is 17.2 Å². The number of carbonyl (C=O) groups excluding carboxylic acids is 2. The van der Waals surface area contributed by atoms with Crippen LogP contribution in [0.25, 0.3) is 6.08 Å². The molecular formula is C40H50O9. The van der Waals surface area contributed by atoms with Crippen LogP contribution >= 0.6 is 0 Å². The number of ketones is 2. The molecule has 1 saturated heterocycles. The van der Waals surface area contributed by atoms with E-state index in [9.17, 15) is 19.8 Å². The van der Waals surface area contributed by atoms with E-state index >= 15 is 4.79 Å². The summed E-state index contributed by atoms with van der Waals surface area (Å²) in [6.07, 6.45) is 10.8. The summed E-state index contributed by atoms with van der Waals surface area (Å²) < 4.78 is 27.2. The summed E-state index contributed by atoms with van der Waals surface area (Å²) in [4.78, 5) is 41.9. The first kappa shape index (κ1) is 35.1. The zero-order valence-electron chi connectivity index (χ0n) is 30.2. The highest BCUT2D eigenvalue weighted by atomic mass is 16.6. The minimum absolute atomic E-state index is 0.0576. The summed E-state index contributed by atoms with van der Waals surface area (Å²) in [7, 11) is 0. The van der Waals surface area contributed by atoms with Gasteiger partial charge in [-0.2, -0.15) is 0 Å². The van der Waals surface area contributed by atoms with Crippen LogP contribution in [-0.2, 0) is 25.5 Å². The molecule has 9 nitrogen and oxygen atoms in total. The molecule has 3 aliphatic heterocycles. The first-order valence-corrected chi connectivity index (χ1v) is 17.5. The van der Waals surface area contributed by atoms with Crippen molar-refractivity contribution < 1.29 is 43.5 Å². The molecule has 1 aromatic rings. The first-order valence-electron chi connectivity index (χ1n) is 17.5. The molecule has 3 heterocycles. The Hall–Kier alpha value is -3.69. The van der Waals surface area contributed by atoms with Gasteiger partial charge >= 0.3 is 5.97 Å². The van der Waals surface area contributed by atoms with Crippen LogP contribution < -0.4 is 9.47 Å². The number of hydrogen-bond acceptors (Lipinski definition) is 8. The van der Waals surface area contributed by atoms with Crippen LogP contribution in [0.1, 0.15) is 109 Å². The van der Waals surface area contributed by atoms with Gasteiger partial charge in [-0.1, -0.05) is 29.4 Å². The Balaban J connectivity index is 1.62. The Bertz CT molecular complexity index is 1740. The predicted octanol–water partition coefficient (Wildman–Crippen LogP) is 7.33. The summed E-state index contributed by atoms with van der Waals surface area (Å²) in [5, 5.41) is 21.7. The number of hydrogen-bond donors (Lipinski definition) is 2. The van der Waals surface area contributed by atoms with Gasteiger partial charge < -0.3 is 29.2 Å². The second kappa shape index (κ2) is 12.0. The quantitative estimate of drug-likeness (QED) is 0.194. The van der Waals surface area contributed by atoms with Gasteiger partial charge in [-0.3, -0.25) is 9.59 Å². The van der Waals surface area contributed by atoms with Crippen molar-refractivity contribution in [3.05, 3.63) is 57.7 Å². The van der Waals surface area contributed by atoms with E-state index < -0.39 is 52.2 Å². The normalized spacial score (nSPS) is 33.2. The number of carbonyl (C=O) groups is 3. The van der Waals surface area contributed by atoms with Crippen LogP contribution in [-0.4, -0.2) is 62.9 Å². The van der Waals surface area contributed by atoms with Crippen LogP contribution in [0.4, 0.5) is 0 Å². The summed E-state index contributed by atoms with van der Waals surface area (Å²) in [6, 6.07) is 0. The molecule has 1 spiro atoms. The van der Waals surface area contributed by atoms with Gasteiger partial charge in [0.2, 0.25) is 0 Å². The molecular weight excluding hydrogens is 624 g/mol. The lowest BCUT2D eigenvalue weighted by Crippen LogP contribution is -2.80. The Morgan fingerprint density at radius 3 is 2.35 bits per heavy atom. The number of phenolic OH excluding ortho intramolecular Hbond substituents is 1. The van der Waals surface area contributed by atoms with Crippen LogP contribution in [0.2, 0.25) is 0 Å². The highest BCUT2D eigenvalue weighted by molar-refractivity contribution is 6.10. The number of aromatic hydroxyl groups is 1. The Morgan fingerprint density at radius 2 is 1.71 bits per heavy atom. The number of fused-ring (bicyclic) bond motifs is 2. The van der Waals surface area contributed by atoms with Gasteiger partial charge in [-0.05, 0) is 100 Å². The molecule has 3 saturated carbocycles. The van der Waals surface area contributed by atoms with Crippen molar-refractivity contribution in [1.82, 2.24) is 0 Å². The van der Waals surface area contributed by atoms with E-state index in [1.165, 1.54) is 18.6 Å². The third kappa shape index (κ3) is 5.13. The molecule has 6 aliphatic rings. The molecule has 7 rings (SSSR count). The smallest absolute Gasteiger partial charge is 0.330 e. The predicted molar refractivity (Wildman–Crippen MR) is 185 cm³/mol. The minimum atomic E-state index is -1.66. The maximum atomic E-state index is 15.2. The Kier molecular flexibility index (Phi) is 8.59. The minimum Gasteiger partial charge on any atom is -0.506 e. The average molecular weight is 675 g/mol. The molecule has 4 fully saturated rings. The number of phenols is 1. The molecule has 1 aromatic carbocycles. The van der Waals surface area contributed by atoms with Gasteiger partial charge in [0, 0.05) is 36.0 Å². The summed E-state index contributed by atoms with van der Waals surface area (Å²) >= 11 is 0. The third-order valence-electron chi connectivity index (χ3n) is 11.4. The van der Waals surface area contributed by atoms with Gasteiger partial charge in [-0.15, -0.1) is 0 Å². The molecule has 49 heavy (non-hydrogen) atoms. The molecule has 0 amide bonds. The standard InChI is InChI=1S/C40H50O9/c1-10-46-34-26-20-27-37(7,8)49-39(35(26)43,19-15-23(6)36(44)45)40(27)29(34)31(42)28-30(41)24-16-18-38(9,17-11-12-21(2)3)47-32(24)25(33(28)48-40)14-13-22(4)5/h12-13,15-16,18,26-27,29,34,41H,10-11,14,17,19-20H2,1-9H3,(H,44,45)/b23-15-/t26-,27-,29-,34-,38+,39-,40-/m0/s1. The van der Waals surface area contributed by atoms with E-state index in [0.717, 1.165) is 12.0 Å². The van der Waals surface area contributed by atoms with E-state index in [0.29, 0.717) is 36.1 Å². The first-order chi connectivity index (χ1) is 22.9. The summed E-state index contributed by atoms with van der Waals surface area (Å²) in [6.45, 7) is 17.5. The number of rotatable bonds is 10. The Morgan fingerprint density at radius 1 is 1.02 bits per heavy atom. The number of allylic oxidation sites excluding steroid dienone is 4. The molecule has 0 aromatic heterocycles. The maximum Gasteiger partial charge on any atom is 0.330 e. The third-order valence-corrected chi connectivity index (χ3v) is 11.4. The second-order valence-corrected chi connectivity index (χ2v) is 15.7. The molecule has 0 radical (unpaired) electrons. The van der Waals surface area contributed by atoms with Gasteiger partial charge in [-0.25, -0.2) is 4.79 Å². The fourth-order valence-corrected chi connectivity index (χ4v) is 9.14. The Labute approximate surface area is 289 Å². The molecule has 3 aliphatic carbocycles. The van der Waals surface area contributed by atoms with Crippen molar-refractivity contribution in [2.45, 2.75) is 123 Å². The lowest BCUT2D eigenvalue weighted by atomic mass is 9.45. The van der Waals surface area contributed by atoms with Gasteiger partial charge in [0.25, 0.3) is 0 Å². The highest BCUT2D eigenvalue weighted by Crippen LogP contribution is 2.70. The molecule has 264 valence electrons. The van der Waals surface area contributed by atoms with E-state index in [4.69, 9.17) is 18.9 Å². The number of aliphatic carboxylic acids is 1. The summed E-state index contributed by atoms with van der Waals surface area (Å²) in [5.74, 6) is -3.36. The molecule has 4 bridgehead atoms. The maximum absolute atomic E-state index is 15.2. The van der Waals surface area contributed by atoms with E-state index in [2.05, 4.69) is 19.9 Å². The summed E-state index contributed by atoms with van der Waals surface area (Å²) in [5.41, 5.74) is -1.37. The number of Topliss-reactive ketones (excluding diaryl/α,β-unsaturated/α-hetero) is 2. The monoisotopic (exact) mass is 674 g/mol. The molecule has 0 unspecified atom stereocenters. The number of carboxylic acids is 1. The van der Waals surface area contributed by atoms with E-state index in [1.54, 1.807) is 0 Å². The van der Waals surface area contributed by atoms with Crippen LogP contribution in [0.15, 0.2) is 41.0 Å². The van der Waals surface area contributed by atoms with E-state index in [-0.39, 0.29) is 47.2 Å². The van der Waals surface area contributed by atoms with Crippen molar-refractivity contribution in [2.75, 3.05) is 6.61 Å². The average Bonchev–Trinajstić information content (AvgIpc) is 3.15. The fourth-order valence-electron chi connectivity index (χ4n) is 9.14. The molecule has 2 N–H and O–H groups in total. The lowest BCUT2D eigenvalue weighted by Gasteiger charge is -2.62. The van der Waals surface area contributed by atoms with Crippen molar-refractivity contribution in [1.29, 1.82) is 0 Å². The van der Waals surface area contributed by atoms with Crippen LogP contribution in [0.5, 0.6) is 17.2 Å². The van der Waals surface area contributed by atoms with E-state index in [1.807, 2.05) is 59.8 Å². The number of ether oxygens (including phenoxy) is 4. The van der Waals surface area contributed by atoms with Crippen molar-refractivity contribution >= 4 is 23.6 Å². The fraction of sp³-hybridized carbons (Fsp3) is 0.575. The molecule has 7 atom stereocenters. The van der Waals surface area contributed by atoms with Gasteiger partial charge in [0.05, 0.1) is 23.2 Å². The van der Waals surface area contributed by atoms with Gasteiger partial charge in [0.1, 0.15) is 28.4 Å². The zero-order valence-corrected chi connectivity index (χ0v) is 30.2. The second-order valence-electron chi connectivity index (χ2n) is 15.7. The van der Waals surface area contributed by atoms with Crippen LogP contribution in [0, 0.1) is 17.8 Å². The molecule has 9 heteroatoms. The van der Waals surface area contributed by atoms with Crippen LogP contribution in [0.3, 0.4) is 0 Å². The van der Waals surface area contributed by atoms with Crippen molar-refractivity contribution in [3.63, 3.8) is 0 Å². The number of carboxylic acid groups (broad SMARTS) is 1. The topological polar surface area (TPSA) is 129 Å². The zero-order chi connectivity index (χ0) is 35.8. The number of benzene rings is 1. The SMILES string of the molecule is CCO[C@H]1[C@@H]2C[C@H]3C(C)(C)O[C@@](C/C=C(/C)C(=O)O)(C2=O)[C@]32Oc3c(CC=C(C)C)c4c(c(O)c3C(=O)[C@@H]12)C=C[C@@](C)(CCC=C(C)C)O4. The highest BCUT2D eigenvalue weighted by Gasteiger charge is 2.85. The van der Waals surface area contributed by atoms with Crippen molar-refractivity contribution in [2.24, 2.45) is 17.8 Å². The largest absolute Gasteiger partial charge is 0.506 e.